The zero-order valence-corrected chi connectivity index (χ0v) is 23.9. The molecule has 0 spiro atoms. The summed E-state index contributed by atoms with van der Waals surface area (Å²) in [5, 5.41) is 5.35. The van der Waals surface area contributed by atoms with Crippen LogP contribution in [0.1, 0.15) is 36.6 Å². The summed E-state index contributed by atoms with van der Waals surface area (Å²) in [6, 6.07) is 17.0. The Labute approximate surface area is 239 Å². The molecule has 3 aromatic carbocycles. The number of rotatable bonds is 11. The molecule has 1 aromatic heterocycles. The second-order valence-corrected chi connectivity index (χ2v) is 10.1. The molecule has 0 atom stereocenters. The summed E-state index contributed by atoms with van der Waals surface area (Å²) in [6.07, 6.45) is 2.27. The maximum absolute atomic E-state index is 13.7. The monoisotopic (exact) mass is 563 g/mol. The molecule has 1 aliphatic heterocycles. The van der Waals surface area contributed by atoms with Gasteiger partial charge < -0.3 is 18.9 Å². The van der Waals surface area contributed by atoms with Crippen molar-refractivity contribution in [3.63, 3.8) is 0 Å². The van der Waals surface area contributed by atoms with E-state index in [0.29, 0.717) is 41.2 Å². The molecule has 5 rings (SSSR count). The number of fused-ring (bicyclic) bond motifs is 1. The second kappa shape index (κ2) is 12.6. The van der Waals surface area contributed by atoms with E-state index in [9.17, 15) is 4.79 Å². The highest BCUT2D eigenvalue weighted by molar-refractivity contribution is 6.37. The maximum Gasteiger partial charge on any atom is 0.214 e. The first-order valence-electron chi connectivity index (χ1n) is 13.5. The first-order chi connectivity index (χ1) is 19.5. The summed E-state index contributed by atoms with van der Waals surface area (Å²) in [5.41, 5.74) is 2.81. The van der Waals surface area contributed by atoms with Crippen molar-refractivity contribution < 1.29 is 18.9 Å². The summed E-state index contributed by atoms with van der Waals surface area (Å²) in [6.45, 7) is 5.52. The van der Waals surface area contributed by atoms with Gasteiger partial charge in [0, 0.05) is 19.2 Å². The summed E-state index contributed by atoms with van der Waals surface area (Å²) < 4.78 is 24.9. The number of methoxy groups -OCH3 is 2. The molecule has 2 heterocycles. The molecule has 210 valence electrons. The number of nitrogens with zero attached hydrogens (tertiary/aromatic N) is 3. The highest BCUT2D eigenvalue weighted by Crippen LogP contribution is 2.41. The van der Waals surface area contributed by atoms with E-state index in [1.807, 2.05) is 66.2 Å². The van der Waals surface area contributed by atoms with E-state index in [0.717, 1.165) is 48.6 Å². The molecule has 0 saturated carbocycles. The predicted octanol–water partition coefficient (Wildman–Crippen LogP) is 5.84. The number of aromatic nitrogens is 2. The van der Waals surface area contributed by atoms with E-state index in [2.05, 4.69) is 4.90 Å². The van der Waals surface area contributed by atoms with Gasteiger partial charge >= 0.3 is 0 Å². The van der Waals surface area contributed by atoms with Crippen molar-refractivity contribution >= 4 is 22.5 Å². The number of hydrogen-bond donors (Lipinski definition) is 0. The van der Waals surface area contributed by atoms with E-state index < -0.39 is 0 Å². The van der Waals surface area contributed by atoms with Gasteiger partial charge in [-0.25, -0.2) is 0 Å². The molecule has 9 heteroatoms. The van der Waals surface area contributed by atoms with Crippen LogP contribution < -0.4 is 24.4 Å². The highest BCUT2D eigenvalue weighted by Gasteiger charge is 2.23. The maximum atomic E-state index is 13.7. The average molecular weight is 564 g/mol. The van der Waals surface area contributed by atoms with Crippen LogP contribution in [0.2, 0.25) is 5.02 Å². The molecule has 1 saturated heterocycles. The van der Waals surface area contributed by atoms with Crippen LogP contribution in [0.3, 0.4) is 0 Å². The fourth-order valence-electron chi connectivity index (χ4n) is 4.90. The number of benzene rings is 3. The lowest BCUT2D eigenvalue weighted by Gasteiger charge is -2.20. The van der Waals surface area contributed by atoms with Crippen LogP contribution in [0.4, 0.5) is 0 Å². The van der Waals surface area contributed by atoms with Gasteiger partial charge in [-0.05, 0) is 68.2 Å². The number of aryl methyl sites for hydroxylation is 1. The van der Waals surface area contributed by atoms with Crippen molar-refractivity contribution in [3.8, 4) is 23.0 Å². The molecule has 1 aliphatic rings. The van der Waals surface area contributed by atoms with Crippen LogP contribution in [-0.4, -0.2) is 42.0 Å². The van der Waals surface area contributed by atoms with Crippen molar-refractivity contribution in [1.82, 2.24) is 14.7 Å². The lowest BCUT2D eigenvalue weighted by Crippen LogP contribution is -2.27. The van der Waals surface area contributed by atoms with Crippen LogP contribution in [-0.2, 0) is 26.3 Å². The van der Waals surface area contributed by atoms with Gasteiger partial charge in [0.25, 0.3) is 0 Å². The van der Waals surface area contributed by atoms with Gasteiger partial charge in [0.1, 0.15) is 30.4 Å². The van der Waals surface area contributed by atoms with E-state index in [1.165, 1.54) is 0 Å². The zero-order valence-electron chi connectivity index (χ0n) is 23.1. The third kappa shape index (κ3) is 6.03. The largest absolute Gasteiger partial charge is 0.497 e. The fraction of sp³-hybridized carbons (Fsp3) is 0.355. The standard InChI is InChI=1S/C31H34ClN3O5/c1-4-35-26-17-27(39-19-21-7-11-23(37-2)12-8-21)31(40-20-22-9-13-24(38-3)14-10-22)29(32)28(26)30(36)25(33-35)18-34-15-5-6-16-34/h7-14,17H,4-6,15-16,18-20H2,1-3H3. The van der Waals surface area contributed by atoms with Gasteiger partial charge in [0.2, 0.25) is 5.43 Å². The molecule has 40 heavy (non-hydrogen) atoms. The molecular weight excluding hydrogens is 530 g/mol. The summed E-state index contributed by atoms with van der Waals surface area (Å²) in [7, 11) is 3.26. The van der Waals surface area contributed by atoms with Crippen molar-refractivity contribution in [2.45, 2.75) is 46.1 Å². The Morgan fingerprint density at radius 1 is 0.875 bits per heavy atom. The minimum atomic E-state index is -0.174. The predicted molar refractivity (Wildman–Crippen MR) is 156 cm³/mol. The number of ether oxygens (including phenoxy) is 4. The molecule has 0 unspecified atom stereocenters. The third-order valence-electron chi connectivity index (χ3n) is 7.14. The normalized spacial score (nSPS) is 13.5. The van der Waals surface area contributed by atoms with Crippen LogP contribution in [0.15, 0.2) is 59.4 Å². The smallest absolute Gasteiger partial charge is 0.214 e. The van der Waals surface area contributed by atoms with Crippen LogP contribution in [0.25, 0.3) is 10.9 Å². The van der Waals surface area contributed by atoms with E-state index in [4.69, 9.17) is 35.6 Å². The molecule has 1 fully saturated rings. The molecule has 0 bridgehead atoms. The van der Waals surface area contributed by atoms with Gasteiger partial charge in [-0.15, -0.1) is 0 Å². The summed E-state index contributed by atoms with van der Waals surface area (Å²) in [5.74, 6) is 2.30. The lowest BCUT2D eigenvalue weighted by atomic mass is 10.1. The Hall–Kier alpha value is -3.75. The average Bonchev–Trinajstić information content (AvgIpc) is 3.50. The lowest BCUT2D eigenvalue weighted by molar-refractivity contribution is 0.256. The van der Waals surface area contributed by atoms with E-state index in [1.54, 1.807) is 14.2 Å². The Kier molecular flexibility index (Phi) is 8.77. The van der Waals surface area contributed by atoms with Crippen LogP contribution in [0, 0.1) is 0 Å². The topological polar surface area (TPSA) is 75.1 Å². The number of halogens is 1. The molecular formula is C31H34ClN3O5. The van der Waals surface area contributed by atoms with Crippen molar-refractivity contribution in [1.29, 1.82) is 0 Å². The Morgan fingerprint density at radius 2 is 1.45 bits per heavy atom. The van der Waals surface area contributed by atoms with Crippen molar-refractivity contribution in [2.75, 3.05) is 27.3 Å². The van der Waals surface area contributed by atoms with E-state index >= 15 is 0 Å². The van der Waals surface area contributed by atoms with Crippen molar-refractivity contribution in [3.05, 3.63) is 86.7 Å². The van der Waals surface area contributed by atoms with Gasteiger partial charge in [0.05, 0.1) is 30.1 Å². The summed E-state index contributed by atoms with van der Waals surface area (Å²) in [4.78, 5) is 16.0. The number of likely N-dealkylation sites (tertiary alicyclic amines) is 1. The number of hydrogen-bond acceptors (Lipinski definition) is 7. The minimum Gasteiger partial charge on any atom is -0.497 e. The third-order valence-corrected chi connectivity index (χ3v) is 7.50. The molecule has 0 radical (unpaired) electrons. The fourth-order valence-corrected chi connectivity index (χ4v) is 5.23. The van der Waals surface area contributed by atoms with Gasteiger partial charge in [-0.2, -0.15) is 5.10 Å². The van der Waals surface area contributed by atoms with E-state index in [-0.39, 0.29) is 23.7 Å². The van der Waals surface area contributed by atoms with Gasteiger partial charge in [0.15, 0.2) is 11.5 Å². The Balaban J connectivity index is 1.54. The van der Waals surface area contributed by atoms with Gasteiger partial charge in [-0.3, -0.25) is 14.4 Å². The summed E-state index contributed by atoms with van der Waals surface area (Å²) >= 11 is 7.01. The molecule has 8 nitrogen and oxygen atoms in total. The first-order valence-corrected chi connectivity index (χ1v) is 13.9. The Bertz CT molecular complexity index is 1510. The molecule has 0 amide bonds. The second-order valence-electron chi connectivity index (χ2n) is 9.76. The quantitative estimate of drug-likeness (QED) is 0.227. The van der Waals surface area contributed by atoms with Crippen molar-refractivity contribution in [2.24, 2.45) is 0 Å². The van der Waals surface area contributed by atoms with Crippen LogP contribution in [0.5, 0.6) is 23.0 Å². The first kappa shape index (κ1) is 27.8. The molecule has 0 aliphatic carbocycles. The minimum absolute atomic E-state index is 0.174. The Morgan fingerprint density at radius 3 is 2.00 bits per heavy atom. The molecule has 0 N–H and O–H groups in total. The highest BCUT2D eigenvalue weighted by atomic mass is 35.5. The van der Waals surface area contributed by atoms with Crippen LogP contribution >= 0.6 is 11.6 Å². The molecule has 4 aromatic rings. The zero-order chi connectivity index (χ0) is 28.1. The SMILES string of the molecule is CCn1nc(CN2CCCC2)c(=O)c2c(Cl)c(OCc3ccc(OC)cc3)c(OCc3ccc(OC)cc3)cc21. The van der Waals surface area contributed by atoms with Gasteiger partial charge in [-0.1, -0.05) is 35.9 Å².